The third-order valence-electron chi connectivity index (χ3n) is 4.68. The highest BCUT2D eigenvalue weighted by Gasteiger charge is 2.17. The number of benzene rings is 1. The van der Waals surface area contributed by atoms with E-state index in [1.54, 1.807) is 18.5 Å². The van der Waals surface area contributed by atoms with Crippen molar-refractivity contribution in [3.05, 3.63) is 59.3 Å². The van der Waals surface area contributed by atoms with Crippen LogP contribution in [0.4, 0.5) is 10.2 Å². The minimum atomic E-state index is -0.331. The van der Waals surface area contributed by atoms with Gasteiger partial charge < -0.3 is 15.8 Å². The maximum Gasteiger partial charge on any atom is 0.170 e. The Balaban J connectivity index is 2.00. The summed E-state index contributed by atoms with van der Waals surface area (Å²) in [4.78, 5) is 4.64. The normalized spacial score (nSPS) is 13.0. The van der Waals surface area contributed by atoms with Crippen LogP contribution in [0.3, 0.4) is 0 Å². The molecule has 0 saturated carbocycles. The molecule has 0 atom stereocenters. The molecule has 8 heteroatoms. The van der Waals surface area contributed by atoms with Gasteiger partial charge in [-0.25, -0.2) is 4.39 Å². The van der Waals surface area contributed by atoms with Gasteiger partial charge in [-0.05, 0) is 52.0 Å². The van der Waals surface area contributed by atoms with Crippen molar-refractivity contribution in [3.63, 3.8) is 0 Å². The summed E-state index contributed by atoms with van der Waals surface area (Å²) in [6, 6.07) is 8.73. The number of nitrogens with two attached hydrogens (primary N) is 1. The Labute approximate surface area is 175 Å². The number of aromatic nitrogens is 3. The molecule has 0 bridgehead atoms. The monoisotopic (exact) mass is 410 g/mol. The number of nitrogens with zero attached hydrogens (tertiary/aromatic N) is 4. The van der Waals surface area contributed by atoms with Gasteiger partial charge in [-0.3, -0.25) is 9.39 Å². The average Bonchev–Trinajstić information content (AvgIpc) is 3.17. The van der Waals surface area contributed by atoms with Crippen LogP contribution in [0.15, 0.2) is 47.3 Å². The van der Waals surface area contributed by atoms with Gasteiger partial charge in [0.2, 0.25) is 0 Å². The van der Waals surface area contributed by atoms with Gasteiger partial charge in [0.25, 0.3) is 0 Å². The molecule has 2 aromatic heterocycles. The molecule has 30 heavy (non-hydrogen) atoms. The van der Waals surface area contributed by atoms with Gasteiger partial charge in [0.05, 0.1) is 7.11 Å². The minimum absolute atomic E-state index is 0.143. The Morgan fingerprint density at radius 2 is 2.03 bits per heavy atom. The van der Waals surface area contributed by atoms with E-state index in [4.69, 9.17) is 10.5 Å². The number of ether oxygens (including phenoxy) is 1. The highest BCUT2D eigenvalue weighted by Crippen LogP contribution is 2.27. The Morgan fingerprint density at radius 1 is 1.27 bits per heavy atom. The molecule has 1 aromatic carbocycles. The molecular weight excluding hydrogens is 383 g/mol. The number of hydrogen-bond donors (Lipinski definition) is 2. The SMILES string of the molecule is COc1cccc(F)c1CNc1ccc(C(C(C)=NC(C)C)=C(C)N)c2nncn12. The van der Waals surface area contributed by atoms with Crippen molar-refractivity contribution in [3.8, 4) is 5.75 Å². The third kappa shape index (κ3) is 4.27. The number of halogens is 1. The molecule has 0 saturated heterocycles. The van der Waals surface area contributed by atoms with E-state index in [1.165, 1.54) is 13.2 Å². The van der Waals surface area contributed by atoms with E-state index in [-0.39, 0.29) is 18.4 Å². The number of anilines is 1. The number of rotatable bonds is 7. The second-order valence-corrected chi connectivity index (χ2v) is 7.30. The summed E-state index contributed by atoms with van der Waals surface area (Å²) in [6.45, 7) is 8.07. The molecule has 0 aliphatic heterocycles. The summed E-state index contributed by atoms with van der Waals surface area (Å²) in [6.07, 6.45) is 1.61. The molecule has 3 N–H and O–H groups in total. The Morgan fingerprint density at radius 3 is 2.70 bits per heavy atom. The number of pyridine rings is 1. The zero-order chi connectivity index (χ0) is 21.8. The molecule has 0 radical (unpaired) electrons. The molecule has 7 nitrogen and oxygen atoms in total. The van der Waals surface area contributed by atoms with Crippen LogP contribution in [0, 0.1) is 5.82 Å². The molecular formula is C22H27FN6O. The lowest BCUT2D eigenvalue weighted by Crippen LogP contribution is -2.11. The van der Waals surface area contributed by atoms with Gasteiger partial charge in [0, 0.05) is 40.7 Å². The van der Waals surface area contributed by atoms with Crippen LogP contribution in [-0.4, -0.2) is 33.5 Å². The Bertz CT molecular complexity index is 1110. The second-order valence-electron chi connectivity index (χ2n) is 7.30. The van der Waals surface area contributed by atoms with Crippen molar-refractivity contribution in [1.29, 1.82) is 0 Å². The smallest absolute Gasteiger partial charge is 0.170 e. The standard InChI is InChI=1S/C22H27FN6O/c1-13(2)27-15(4)21(14(3)24)16-9-10-20(29-12-26-28-22(16)29)25-11-17-18(23)7-6-8-19(17)30-5/h6-10,12-13,25H,11,24H2,1-5H3. The molecule has 0 aliphatic carbocycles. The van der Waals surface area contributed by atoms with E-state index in [9.17, 15) is 4.39 Å². The summed E-state index contributed by atoms with van der Waals surface area (Å²) in [7, 11) is 1.52. The van der Waals surface area contributed by atoms with E-state index < -0.39 is 0 Å². The quantitative estimate of drug-likeness (QED) is 0.574. The number of hydrogen-bond acceptors (Lipinski definition) is 6. The fourth-order valence-electron chi connectivity index (χ4n) is 3.48. The number of fused-ring (bicyclic) bond motifs is 1. The van der Waals surface area contributed by atoms with Crippen LogP contribution in [0.1, 0.15) is 38.8 Å². The first kappa shape index (κ1) is 21.3. The molecule has 3 rings (SSSR count). The first-order valence-corrected chi connectivity index (χ1v) is 9.73. The lowest BCUT2D eigenvalue weighted by molar-refractivity contribution is 0.405. The molecule has 0 amide bonds. The molecule has 0 unspecified atom stereocenters. The van der Waals surface area contributed by atoms with Crippen molar-refractivity contribution in [2.75, 3.05) is 12.4 Å². The van der Waals surface area contributed by atoms with Gasteiger partial charge >= 0.3 is 0 Å². The topological polar surface area (TPSA) is 89.8 Å². The van der Waals surface area contributed by atoms with Crippen LogP contribution in [-0.2, 0) is 6.54 Å². The highest BCUT2D eigenvalue weighted by molar-refractivity contribution is 6.24. The van der Waals surface area contributed by atoms with E-state index in [1.807, 2.05) is 44.2 Å². The number of allylic oxidation sites excluding steroid dienone is 2. The van der Waals surface area contributed by atoms with Gasteiger partial charge in [0.1, 0.15) is 23.7 Å². The summed E-state index contributed by atoms with van der Waals surface area (Å²) in [5.74, 6) is 0.878. The summed E-state index contributed by atoms with van der Waals surface area (Å²) < 4.78 is 21.4. The van der Waals surface area contributed by atoms with Crippen molar-refractivity contribution in [2.45, 2.75) is 40.3 Å². The first-order valence-electron chi connectivity index (χ1n) is 9.73. The zero-order valence-corrected chi connectivity index (χ0v) is 17.9. The summed E-state index contributed by atoms with van der Waals surface area (Å²) in [5, 5.41) is 11.6. The summed E-state index contributed by atoms with van der Waals surface area (Å²) >= 11 is 0. The highest BCUT2D eigenvalue weighted by atomic mass is 19.1. The summed E-state index contributed by atoms with van der Waals surface area (Å²) in [5.41, 5.74) is 10.4. The van der Waals surface area contributed by atoms with E-state index in [0.29, 0.717) is 22.7 Å². The molecule has 3 aromatic rings. The zero-order valence-electron chi connectivity index (χ0n) is 17.9. The van der Waals surface area contributed by atoms with Crippen molar-refractivity contribution < 1.29 is 9.13 Å². The maximum absolute atomic E-state index is 14.3. The van der Waals surface area contributed by atoms with Gasteiger partial charge in [-0.15, -0.1) is 10.2 Å². The molecule has 158 valence electrons. The van der Waals surface area contributed by atoms with Crippen LogP contribution >= 0.6 is 0 Å². The van der Waals surface area contributed by atoms with E-state index in [2.05, 4.69) is 20.5 Å². The van der Waals surface area contributed by atoms with E-state index in [0.717, 1.165) is 22.7 Å². The van der Waals surface area contributed by atoms with Crippen LogP contribution in [0.2, 0.25) is 0 Å². The largest absolute Gasteiger partial charge is 0.496 e. The minimum Gasteiger partial charge on any atom is -0.496 e. The number of methoxy groups -OCH3 is 1. The molecule has 2 heterocycles. The number of aliphatic imine (C=N–C) groups is 1. The number of nitrogens with one attached hydrogen (secondary N) is 1. The van der Waals surface area contributed by atoms with Crippen LogP contribution in [0.25, 0.3) is 11.2 Å². The fourth-order valence-corrected chi connectivity index (χ4v) is 3.48. The third-order valence-corrected chi connectivity index (χ3v) is 4.68. The van der Waals surface area contributed by atoms with E-state index >= 15 is 0 Å². The predicted molar refractivity (Wildman–Crippen MR) is 118 cm³/mol. The van der Waals surface area contributed by atoms with Gasteiger partial charge in [-0.1, -0.05) is 6.07 Å². The van der Waals surface area contributed by atoms with Crippen LogP contribution < -0.4 is 15.8 Å². The second kappa shape index (κ2) is 8.94. The van der Waals surface area contributed by atoms with Crippen molar-refractivity contribution in [1.82, 2.24) is 14.6 Å². The van der Waals surface area contributed by atoms with Crippen LogP contribution in [0.5, 0.6) is 5.75 Å². The van der Waals surface area contributed by atoms with Gasteiger partial charge in [0.15, 0.2) is 5.65 Å². The molecule has 0 fully saturated rings. The predicted octanol–water partition coefficient (Wildman–Crippen LogP) is 4.05. The Kier molecular flexibility index (Phi) is 6.34. The lowest BCUT2D eigenvalue weighted by Gasteiger charge is -2.16. The average molecular weight is 410 g/mol. The van der Waals surface area contributed by atoms with Gasteiger partial charge in [-0.2, -0.15) is 0 Å². The molecule has 0 spiro atoms. The molecule has 0 aliphatic rings. The van der Waals surface area contributed by atoms with Crippen molar-refractivity contribution in [2.24, 2.45) is 10.7 Å². The fraction of sp³-hybridized carbons (Fsp3) is 0.318. The van der Waals surface area contributed by atoms with Crippen molar-refractivity contribution >= 4 is 22.7 Å². The lowest BCUT2D eigenvalue weighted by atomic mass is 10.0. The Hall–Kier alpha value is -3.42. The first-order chi connectivity index (χ1) is 14.3. The maximum atomic E-state index is 14.3.